The van der Waals surface area contributed by atoms with Gasteiger partial charge in [0.1, 0.15) is 5.75 Å². The van der Waals surface area contributed by atoms with E-state index in [0.717, 1.165) is 16.6 Å². The molecule has 0 radical (unpaired) electrons. The predicted octanol–water partition coefficient (Wildman–Crippen LogP) is 4.31. The van der Waals surface area contributed by atoms with Crippen LogP contribution in [0.4, 0.5) is 5.69 Å². The SMILES string of the molecule is Nc1ccc(CCOc2ccc(Br)cc2Cl)cc1. The third kappa shape index (κ3) is 3.65. The Kier molecular flexibility index (Phi) is 4.50. The molecule has 0 bridgehead atoms. The summed E-state index contributed by atoms with van der Waals surface area (Å²) in [7, 11) is 0. The van der Waals surface area contributed by atoms with Gasteiger partial charge < -0.3 is 10.5 Å². The number of hydrogen-bond acceptors (Lipinski definition) is 2. The van der Waals surface area contributed by atoms with Crippen LogP contribution in [0.1, 0.15) is 5.56 Å². The van der Waals surface area contributed by atoms with E-state index in [0.29, 0.717) is 17.4 Å². The first-order chi connectivity index (χ1) is 8.65. The Morgan fingerprint density at radius 1 is 1.11 bits per heavy atom. The lowest BCUT2D eigenvalue weighted by Gasteiger charge is -2.08. The Morgan fingerprint density at radius 3 is 2.50 bits per heavy atom. The summed E-state index contributed by atoms with van der Waals surface area (Å²) in [6.07, 6.45) is 0.826. The molecule has 0 aromatic heterocycles. The maximum atomic E-state index is 6.06. The van der Waals surface area contributed by atoms with E-state index in [2.05, 4.69) is 15.9 Å². The highest BCUT2D eigenvalue weighted by molar-refractivity contribution is 9.10. The minimum Gasteiger partial charge on any atom is -0.492 e. The number of anilines is 1. The third-order valence-corrected chi connectivity index (χ3v) is 3.31. The third-order valence-electron chi connectivity index (χ3n) is 2.52. The lowest BCUT2D eigenvalue weighted by atomic mass is 10.1. The fourth-order valence-corrected chi connectivity index (χ4v) is 2.28. The van der Waals surface area contributed by atoms with Crippen LogP contribution in [0.15, 0.2) is 46.9 Å². The number of nitrogens with two attached hydrogens (primary N) is 1. The second-order valence-corrected chi connectivity index (χ2v) is 5.24. The highest BCUT2D eigenvalue weighted by Crippen LogP contribution is 2.27. The van der Waals surface area contributed by atoms with Crippen LogP contribution in [0.3, 0.4) is 0 Å². The molecule has 0 aliphatic carbocycles. The van der Waals surface area contributed by atoms with Gasteiger partial charge in [0.15, 0.2) is 0 Å². The summed E-state index contributed by atoms with van der Waals surface area (Å²) in [6.45, 7) is 0.589. The Bertz CT molecular complexity index is 528. The Labute approximate surface area is 120 Å². The summed E-state index contributed by atoms with van der Waals surface area (Å²) < 4.78 is 6.58. The number of benzene rings is 2. The number of ether oxygens (including phenoxy) is 1. The molecule has 0 aliphatic heterocycles. The molecule has 0 saturated carbocycles. The molecule has 0 heterocycles. The van der Waals surface area contributed by atoms with Crippen LogP contribution in [-0.4, -0.2) is 6.61 Å². The van der Waals surface area contributed by atoms with Crippen LogP contribution in [-0.2, 0) is 6.42 Å². The van der Waals surface area contributed by atoms with Gasteiger partial charge in [0, 0.05) is 16.6 Å². The molecule has 0 atom stereocenters. The predicted molar refractivity (Wildman–Crippen MR) is 79.2 cm³/mol. The van der Waals surface area contributed by atoms with Gasteiger partial charge in [0.2, 0.25) is 0 Å². The van der Waals surface area contributed by atoms with E-state index in [-0.39, 0.29) is 0 Å². The molecule has 2 N–H and O–H groups in total. The fraction of sp³-hybridized carbons (Fsp3) is 0.143. The fourth-order valence-electron chi connectivity index (χ4n) is 1.56. The van der Waals surface area contributed by atoms with Crippen LogP contribution in [0.5, 0.6) is 5.75 Å². The van der Waals surface area contributed by atoms with Gasteiger partial charge in [0.05, 0.1) is 11.6 Å². The molecule has 0 saturated heterocycles. The van der Waals surface area contributed by atoms with Crippen molar-refractivity contribution in [3.8, 4) is 5.75 Å². The normalized spacial score (nSPS) is 10.3. The Balaban J connectivity index is 1.90. The van der Waals surface area contributed by atoms with Crippen molar-refractivity contribution in [2.24, 2.45) is 0 Å². The molecule has 0 unspecified atom stereocenters. The van der Waals surface area contributed by atoms with Gasteiger partial charge in [-0.2, -0.15) is 0 Å². The molecule has 2 aromatic carbocycles. The van der Waals surface area contributed by atoms with Gasteiger partial charge in [-0.1, -0.05) is 39.7 Å². The van der Waals surface area contributed by atoms with Crippen LogP contribution >= 0.6 is 27.5 Å². The molecule has 2 aromatic rings. The van der Waals surface area contributed by atoms with E-state index in [1.807, 2.05) is 42.5 Å². The van der Waals surface area contributed by atoms with Crippen molar-refractivity contribution in [1.29, 1.82) is 0 Å². The van der Waals surface area contributed by atoms with Crippen molar-refractivity contribution in [3.05, 3.63) is 57.5 Å². The average Bonchev–Trinajstić information content (AvgIpc) is 2.34. The van der Waals surface area contributed by atoms with E-state index in [1.54, 1.807) is 0 Å². The van der Waals surface area contributed by atoms with Gasteiger partial charge in [-0.3, -0.25) is 0 Å². The van der Waals surface area contributed by atoms with Crippen molar-refractivity contribution in [1.82, 2.24) is 0 Å². The largest absolute Gasteiger partial charge is 0.492 e. The van der Waals surface area contributed by atoms with Crippen LogP contribution in [0.2, 0.25) is 5.02 Å². The number of halogens is 2. The number of rotatable bonds is 4. The summed E-state index contributed by atoms with van der Waals surface area (Å²) in [5.74, 6) is 0.704. The molecular formula is C14H13BrClNO. The zero-order valence-corrected chi connectivity index (χ0v) is 12.0. The molecule has 2 rings (SSSR count). The van der Waals surface area contributed by atoms with Gasteiger partial charge in [-0.05, 0) is 35.9 Å². The Hall–Kier alpha value is -1.19. The van der Waals surface area contributed by atoms with Gasteiger partial charge in [-0.15, -0.1) is 0 Å². The van der Waals surface area contributed by atoms with Crippen LogP contribution in [0.25, 0.3) is 0 Å². The number of hydrogen-bond donors (Lipinski definition) is 1. The summed E-state index contributed by atoms with van der Waals surface area (Å²) in [5, 5.41) is 0.613. The van der Waals surface area contributed by atoms with Crippen LogP contribution in [0, 0.1) is 0 Å². The van der Waals surface area contributed by atoms with Gasteiger partial charge in [-0.25, -0.2) is 0 Å². The summed E-state index contributed by atoms with van der Waals surface area (Å²) in [6, 6.07) is 13.4. The first-order valence-corrected chi connectivity index (χ1v) is 6.74. The highest BCUT2D eigenvalue weighted by Gasteiger charge is 2.02. The maximum absolute atomic E-state index is 6.06. The minimum atomic E-state index is 0.589. The molecule has 18 heavy (non-hydrogen) atoms. The van der Waals surface area contributed by atoms with Crippen molar-refractivity contribution >= 4 is 33.2 Å². The van der Waals surface area contributed by atoms with Crippen molar-refractivity contribution in [3.63, 3.8) is 0 Å². The molecule has 0 aliphatic rings. The van der Waals surface area contributed by atoms with Gasteiger partial charge >= 0.3 is 0 Å². The first-order valence-electron chi connectivity index (χ1n) is 5.57. The molecule has 0 amide bonds. The molecule has 4 heteroatoms. The highest BCUT2D eigenvalue weighted by atomic mass is 79.9. The van der Waals surface area contributed by atoms with Crippen LogP contribution < -0.4 is 10.5 Å². The summed E-state index contributed by atoms with van der Waals surface area (Å²) >= 11 is 9.42. The average molecular weight is 327 g/mol. The topological polar surface area (TPSA) is 35.2 Å². The molecule has 0 spiro atoms. The van der Waals surface area contributed by atoms with E-state index >= 15 is 0 Å². The standard InChI is InChI=1S/C14H13BrClNO/c15-11-3-6-14(13(16)9-11)18-8-7-10-1-4-12(17)5-2-10/h1-6,9H,7-8,17H2. The first kappa shape index (κ1) is 13.2. The van der Waals surface area contributed by atoms with E-state index in [4.69, 9.17) is 22.1 Å². The quantitative estimate of drug-likeness (QED) is 0.850. The molecule has 0 fully saturated rings. The molecular weight excluding hydrogens is 314 g/mol. The summed E-state index contributed by atoms with van der Waals surface area (Å²) in [4.78, 5) is 0. The zero-order valence-electron chi connectivity index (χ0n) is 9.70. The van der Waals surface area contributed by atoms with Crippen molar-refractivity contribution < 1.29 is 4.74 Å². The van der Waals surface area contributed by atoms with E-state index in [1.165, 1.54) is 5.56 Å². The molecule has 2 nitrogen and oxygen atoms in total. The lowest BCUT2D eigenvalue weighted by Crippen LogP contribution is -2.01. The van der Waals surface area contributed by atoms with Crippen molar-refractivity contribution in [2.75, 3.05) is 12.3 Å². The second-order valence-electron chi connectivity index (χ2n) is 3.91. The van der Waals surface area contributed by atoms with E-state index in [9.17, 15) is 0 Å². The Morgan fingerprint density at radius 2 is 1.83 bits per heavy atom. The maximum Gasteiger partial charge on any atom is 0.137 e. The second kappa shape index (κ2) is 6.12. The van der Waals surface area contributed by atoms with Crippen molar-refractivity contribution in [2.45, 2.75) is 6.42 Å². The lowest BCUT2D eigenvalue weighted by molar-refractivity contribution is 0.322. The van der Waals surface area contributed by atoms with Gasteiger partial charge in [0.25, 0.3) is 0 Å². The monoisotopic (exact) mass is 325 g/mol. The summed E-state index contributed by atoms with van der Waals surface area (Å²) in [5.41, 5.74) is 7.59. The minimum absolute atomic E-state index is 0.589. The molecule has 94 valence electrons. The zero-order chi connectivity index (χ0) is 13.0. The van der Waals surface area contributed by atoms with E-state index < -0.39 is 0 Å². The smallest absolute Gasteiger partial charge is 0.137 e. The number of nitrogen functional groups attached to an aromatic ring is 1.